The van der Waals surface area contributed by atoms with Gasteiger partial charge in [0, 0.05) is 6.61 Å². The lowest BCUT2D eigenvalue weighted by Gasteiger charge is -2.15. The summed E-state index contributed by atoms with van der Waals surface area (Å²) in [7, 11) is 0. The van der Waals surface area contributed by atoms with Crippen molar-refractivity contribution >= 4 is 22.6 Å². The summed E-state index contributed by atoms with van der Waals surface area (Å²) >= 11 is 6.41. The van der Waals surface area contributed by atoms with Crippen molar-refractivity contribution in [1.82, 2.24) is 9.97 Å². The summed E-state index contributed by atoms with van der Waals surface area (Å²) in [5, 5.41) is -0.169. The topological polar surface area (TPSA) is 75.0 Å². The van der Waals surface area contributed by atoms with E-state index in [1.807, 2.05) is 6.07 Å². The van der Waals surface area contributed by atoms with Crippen LogP contribution in [0.15, 0.2) is 27.8 Å². The van der Waals surface area contributed by atoms with Crippen LogP contribution in [0.25, 0.3) is 11.0 Å². The highest BCUT2D eigenvalue weighted by atomic mass is 35.5. The number of hydrogen-bond acceptors (Lipinski definition) is 3. The van der Waals surface area contributed by atoms with Crippen LogP contribution in [0, 0.1) is 0 Å². The molecule has 6 heteroatoms. The van der Waals surface area contributed by atoms with Crippen LogP contribution in [-0.2, 0) is 4.74 Å². The molecule has 0 amide bonds. The van der Waals surface area contributed by atoms with Gasteiger partial charge in [-0.2, -0.15) is 0 Å². The maximum absolute atomic E-state index is 11.3. The zero-order chi connectivity index (χ0) is 14.1. The van der Waals surface area contributed by atoms with Crippen LogP contribution in [0.1, 0.15) is 30.2 Å². The number of halogens is 1. The van der Waals surface area contributed by atoms with E-state index >= 15 is 0 Å². The molecule has 0 saturated carbocycles. The third-order valence-corrected chi connectivity index (χ3v) is 4.03. The Morgan fingerprint density at radius 2 is 2.00 bits per heavy atom. The molecule has 2 heterocycles. The fourth-order valence-corrected chi connectivity index (χ4v) is 2.86. The van der Waals surface area contributed by atoms with Crippen molar-refractivity contribution in [3.05, 3.63) is 44.5 Å². The molecule has 3 rings (SSSR count). The minimum absolute atomic E-state index is 0.169. The van der Waals surface area contributed by atoms with Crippen LogP contribution in [0.2, 0.25) is 0 Å². The Bertz CT molecular complexity index is 731. The second-order valence-electron chi connectivity index (χ2n) is 5.05. The summed E-state index contributed by atoms with van der Waals surface area (Å²) in [6.07, 6.45) is 3.09. The lowest BCUT2D eigenvalue weighted by atomic mass is 10.0. The van der Waals surface area contributed by atoms with Gasteiger partial charge in [-0.15, -0.1) is 11.6 Å². The second kappa shape index (κ2) is 5.42. The molecular formula is C14H15ClN2O3. The van der Waals surface area contributed by atoms with E-state index in [1.54, 1.807) is 12.1 Å². The van der Waals surface area contributed by atoms with Crippen molar-refractivity contribution in [3.8, 4) is 0 Å². The Labute approximate surface area is 119 Å². The van der Waals surface area contributed by atoms with Gasteiger partial charge >= 0.3 is 11.1 Å². The van der Waals surface area contributed by atoms with Crippen LogP contribution in [-0.4, -0.2) is 22.7 Å². The molecule has 1 saturated heterocycles. The smallest absolute Gasteiger partial charge is 0.314 e. The van der Waals surface area contributed by atoms with E-state index in [-0.39, 0.29) is 11.5 Å². The molecule has 1 aliphatic heterocycles. The Hall–Kier alpha value is -1.59. The standard InChI is InChI=1S/C14H15ClN2O3/c15-10(7-9-2-1-5-20-9)8-3-4-11-12(6-8)17-14(19)13(18)16-11/h3-4,6,9-10H,1-2,5,7H2,(H,16,18)(H,17,19). The third-order valence-electron chi connectivity index (χ3n) is 3.60. The molecule has 2 atom stereocenters. The number of rotatable bonds is 3. The lowest BCUT2D eigenvalue weighted by Crippen LogP contribution is -2.28. The molecule has 2 aromatic rings. The first-order chi connectivity index (χ1) is 9.63. The van der Waals surface area contributed by atoms with Crippen LogP contribution < -0.4 is 11.1 Å². The monoisotopic (exact) mass is 294 g/mol. The van der Waals surface area contributed by atoms with Crippen molar-refractivity contribution in [2.45, 2.75) is 30.7 Å². The van der Waals surface area contributed by atoms with Gasteiger partial charge in [0.1, 0.15) is 0 Å². The molecule has 0 spiro atoms. The Balaban J connectivity index is 1.89. The first-order valence-electron chi connectivity index (χ1n) is 6.65. The molecule has 1 fully saturated rings. The fraction of sp³-hybridized carbons (Fsp3) is 0.429. The van der Waals surface area contributed by atoms with E-state index in [4.69, 9.17) is 16.3 Å². The predicted octanol–water partition coefficient (Wildman–Crippen LogP) is 2.07. The molecule has 106 valence electrons. The summed E-state index contributed by atoms with van der Waals surface area (Å²) < 4.78 is 5.58. The van der Waals surface area contributed by atoms with Gasteiger partial charge in [-0.3, -0.25) is 9.59 Å². The van der Waals surface area contributed by atoms with Crippen molar-refractivity contribution in [2.24, 2.45) is 0 Å². The number of aromatic nitrogens is 2. The number of H-pyrrole nitrogens is 2. The highest BCUT2D eigenvalue weighted by Crippen LogP contribution is 2.30. The van der Waals surface area contributed by atoms with Gasteiger partial charge in [-0.1, -0.05) is 6.07 Å². The summed E-state index contributed by atoms with van der Waals surface area (Å²) in [5.41, 5.74) is 0.800. The molecular weight excluding hydrogens is 280 g/mol. The molecule has 0 aliphatic carbocycles. The van der Waals surface area contributed by atoms with E-state index in [0.29, 0.717) is 11.0 Å². The Morgan fingerprint density at radius 1 is 1.25 bits per heavy atom. The minimum atomic E-state index is -0.653. The number of alkyl halides is 1. The number of hydrogen-bond donors (Lipinski definition) is 2. The van der Waals surface area contributed by atoms with Gasteiger partial charge in [-0.25, -0.2) is 0 Å². The molecule has 0 radical (unpaired) electrons. The maximum atomic E-state index is 11.3. The number of benzene rings is 1. The quantitative estimate of drug-likeness (QED) is 0.672. The summed E-state index contributed by atoms with van der Waals surface area (Å²) in [6.45, 7) is 0.806. The van der Waals surface area contributed by atoms with Gasteiger partial charge in [0.05, 0.1) is 22.5 Å². The van der Waals surface area contributed by atoms with E-state index < -0.39 is 11.1 Å². The van der Waals surface area contributed by atoms with Crippen molar-refractivity contribution < 1.29 is 4.74 Å². The third kappa shape index (κ3) is 2.64. The number of nitrogens with one attached hydrogen (secondary N) is 2. The molecule has 5 nitrogen and oxygen atoms in total. The normalized spacial score (nSPS) is 20.4. The average Bonchev–Trinajstić information content (AvgIpc) is 2.92. The predicted molar refractivity (Wildman–Crippen MR) is 77.4 cm³/mol. The van der Waals surface area contributed by atoms with Gasteiger partial charge in [0.25, 0.3) is 0 Å². The molecule has 1 aromatic carbocycles. The highest BCUT2D eigenvalue weighted by molar-refractivity contribution is 6.20. The lowest BCUT2D eigenvalue weighted by molar-refractivity contribution is 0.103. The van der Waals surface area contributed by atoms with E-state index in [1.165, 1.54) is 0 Å². The fourth-order valence-electron chi connectivity index (χ4n) is 2.52. The first-order valence-corrected chi connectivity index (χ1v) is 7.09. The molecule has 2 N–H and O–H groups in total. The van der Waals surface area contributed by atoms with Crippen LogP contribution in [0.3, 0.4) is 0 Å². The Morgan fingerprint density at radius 3 is 2.70 bits per heavy atom. The Kier molecular flexibility index (Phi) is 3.63. The van der Waals surface area contributed by atoms with Crippen molar-refractivity contribution in [3.63, 3.8) is 0 Å². The van der Waals surface area contributed by atoms with Crippen LogP contribution in [0.4, 0.5) is 0 Å². The number of fused-ring (bicyclic) bond motifs is 1. The minimum Gasteiger partial charge on any atom is -0.378 e. The van der Waals surface area contributed by atoms with Crippen LogP contribution in [0.5, 0.6) is 0 Å². The molecule has 1 aromatic heterocycles. The summed E-state index contributed by atoms with van der Waals surface area (Å²) in [6, 6.07) is 5.43. The first kappa shape index (κ1) is 13.4. The number of aromatic amines is 2. The highest BCUT2D eigenvalue weighted by Gasteiger charge is 2.20. The second-order valence-corrected chi connectivity index (χ2v) is 5.58. The maximum Gasteiger partial charge on any atom is 0.314 e. The molecule has 20 heavy (non-hydrogen) atoms. The zero-order valence-electron chi connectivity index (χ0n) is 10.8. The molecule has 0 bridgehead atoms. The van der Waals surface area contributed by atoms with E-state index in [2.05, 4.69) is 9.97 Å². The van der Waals surface area contributed by atoms with Gasteiger partial charge in [-0.05, 0) is 37.0 Å². The van der Waals surface area contributed by atoms with Crippen molar-refractivity contribution in [1.29, 1.82) is 0 Å². The van der Waals surface area contributed by atoms with E-state index in [0.717, 1.165) is 31.4 Å². The number of ether oxygens (including phenoxy) is 1. The summed E-state index contributed by atoms with van der Waals surface area (Å²) in [4.78, 5) is 27.7. The average molecular weight is 295 g/mol. The largest absolute Gasteiger partial charge is 0.378 e. The SMILES string of the molecule is O=c1[nH]c2ccc(C(Cl)CC3CCCO3)cc2[nH]c1=O. The van der Waals surface area contributed by atoms with Crippen molar-refractivity contribution in [2.75, 3.05) is 6.61 Å². The van der Waals surface area contributed by atoms with Gasteiger partial charge in [0.15, 0.2) is 0 Å². The summed E-state index contributed by atoms with van der Waals surface area (Å²) in [5.74, 6) is 0. The molecule has 1 aliphatic rings. The van der Waals surface area contributed by atoms with Gasteiger partial charge in [0.2, 0.25) is 0 Å². The molecule has 2 unspecified atom stereocenters. The van der Waals surface area contributed by atoms with Crippen LogP contribution >= 0.6 is 11.6 Å². The zero-order valence-corrected chi connectivity index (χ0v) is 11.6. The van der Waals surface area contributed by atoms with Gasteiger partial charge < -0.3 is 14.7 Å². The van der Waals surface area contributed by atoms with E-state index in [9.17, 15) is 9.59 Å².